The molecular formula is C18H24NO3+. The van der Waals surface area contributed by atoms with Crippen LogP contribution in [0.1, 0.15) is 43.7 Å². The summed E-state index contributed by atoms with van der Waals surface area (Å²) in [7, 11) is 0. The zero-order chi connectivity index (χ0) is 15.7. The lowest BCUT2D eigenvalue weighted by atomic mass is 9.98. The van der Waals surface area contributed by atoms with Gasteiger partial charge in [-0.3, -0.25) is 0 Å². The Balaban J connectivity index is 2.05. The molecule has 0 amide bonds. The molecule has 3 rings (SSSR count). The smallest absolute Gasteiger partial charge is 0.336 e. The third-order valence-corrected chi connectivity index (χ3v) is 4.97. The number of nitrogens with one attached hydrogen (secondary N) is 1. The highest BCUT2D eigenvalue weighted by Crippen LogP contribution is 2.27. The van der Waals surface area contributed by atoms with Gasteiger partial charge in [0.15, 0.2) is 5.58 Å². The van der Waals surface area contributed by atoms with Crippen LogP contribution in [0.2, 0.25) is 0 Å². The second kappa shape index (κ2) is 6.13. The van der Waals surface area contributed by atoms with E-state index in [9.17, 15) is 9.90 Å². The van der Waals surface area contributed by atoms with Crippen LogP contribution in [0.5, 0.6) is 5.75 Å². The largest absolute Gasteiger partial charge is 0.507 e. The minimum Gasteiger partial charge on any atom is -0.507 e. The number of aryl methyl sites for hydroxylation is 1. The van der Waals surface area contributed by atoms with E-state index in [1.807, 2.05) is 13.0 Å². The maximum atomic E-state index is 11.7. The topological polar surface area (TPSA) is 54.9 Å². The van der Waals surface area contributed by atoms with Gasteiger partial charge in [-0.05, 0) is 50.3 Å². The Hall–Kier alpha value is -1.81. The number of quaternary nitrogens is 1. The van der Waals surface area contributed by atoms with Crippen LogP contribution in [-0.4, -0.2) is 17.7 Å². The first-order valence-corrected chi connectivity index (χ1v) is 8.20. The van der Waals surface area contributed by atoms with Crippen LogP contribution in [0.4, 0.5) is 0 Å². The second-order valence-corrected chi connectivity index (χ2v) is 6.37. The molecule has 1 aromatic heterocycles. The van der Waals surface area contributed by atoms with Crippen molar-refractivity contribution in [3.05, 3.63) is 39.7 Å². The molecule has 4 heteroatoms. The highest BCUT2D eigenvalue weighted by atomic mass is 16.4. The van der Waals surface area contributed by atoms with Crippen molar-refractivity contribution in [3.8, 4) is 5.75 Å². The van der Waals surface area contributed by atoms with E-state index in [4.69, 9.17) is 4.42 Å². The van der Waals surface area contributed by atoms with Crippen molar-refractivity contribution >= 4 is 11.0 Å². The van der Waals surface area contributed by atoms with Gasteiger partial charge in [0.05, 0.1) is 18.2 Å². The van der Waals surface area contributed by atoms with Gasteiger partial charge in [-0.25, -0.2) is 4.79 Å². The predicted octanol–water partition coefficient (Wildman–Crippen LogP) is 2.15. The van der Waals surface area contributed by atoms with E-state index < -0.39 is 0 Å². The molecule has 0 saturated carbocycles. The van der Waals surface area contributed by atoms with Crippen LogP contribution in [-0.2, 0) is 6.54 Å². The lowest BCUT2D eigenvalue weighted by molar-refractivity contribution is -0.944. The summed E-state index contributed by atoms with van der Waals surface area (Å²) in [6, 6.07) is 5.68. The number of benzene rings is 1. The summed E-state index contributed by atoms with van der Waals surface area (Å²) in [5.41, 5.74) is 1.87. The van der Waals surface area contributed by atoms with E-state index in [1.165, 1.54) is 30.2 Å². The van der Waals surface area contributed by atoms with Gasteiger partial charge >= 0.3 is 5.63 Å². The predicted molar refractivity (Wildman–Crippen MR) is 86.3 cm³/mol. The van der Waals surface area contributed by atoms with Crippen LogP contribution >= 0.6 is 0 Å². The lowest BCUT2D eigenvalue weighted by Crippen LogP contribution is -3.15. The Morgan fingerprint density at radius 3 is 2.95 bits per heavy atom. The van der Waals surface area contributed by atoms with E-state index in [0.29, 0.717) is 18.2 Å². The van der Waals surface area contributed by atoms with Gasteiger partial charge in [-0.15, -0.1) is 0 Å². The van der Waals surface area contributed by atoms with Crippen molar-refractivity contribution in [2.75, 3.05) is 6.54 Å². The van der Waals surface area contributed by atoms with Crippen molar-refractivity contribution < 1.29 is 14.4 Å². The number of likely N-dealkylation sites (tertiary alicyclic amines) is 1. The average molecular weight is 302 g/mol. The number of phenolic OH excluding ortho intramolecular Hbond substituents is 1. The van der Waals surface area contributed by atoms with Crippen molar-refractivity contribution in [1.82, 2.24) is 0 Å². The van der Waals surface area contributed by atoms with Crippen molar-refractivity contribution in [2.24, 2.45) is 0 Å². The molecule has 1 aliphatic rings. The number of piperidine rings is 1. The zero-order valence-electron chi connectivity index (χ0n) is 13.3. The first kappa shape index (κ1) is 15.1. The van der Waals surface area contributed by atoms with Gasteiger partial charge in [0.1, 0.15) is 12.3 Å². The van der Waals surface area contributed by atoms with Crippen LogP contribution in [0, 0.1) is 6.92 Å². The van der Waals surface area contributed by atoms with Gasteiger partial charge in [0.25, 0.3) is 0 Å². The number of phenols is 1. The first-order valence-electron chi connectivity index (χ1n) is 8.20. The Kier molecular flexibility index (Phi) is 4.21. The molecular weight excluding hydrogens is 278 g/mol. The van der Waals surface area contributed by atoms with Gasteiger partial charge in [0, 0.05) is 11.5 Å². The number of rotatable bonds is 3. The monoisotopic (exact) mass is 302 g/mol. The third-order valence-electron chi connectivity index (χ3n) is 4.97. The Morgan fingerprint density at radius 1 is 1.36 bits per heavy atom. The van der Waals surface area contributed by atoms with Crippen LogP contribution < -0.4 is 10.5 Å². The van der Waals surface area contributed by atoms with E-state index in [-0.39, 0.29) is 11.4 Å². The van der Waals surface area contributed by atoms with Crippen LogP contribution in [0.25, 0.3) is 11.0 Å². The second-order valence-electron chi connectivity index (χ2n) is 6.37. The molecule has 1 saturated heterocycles. The maximum absolute atomic E-state index is 11.7. The molecule has 2 N–H and O–H groups in total. The molecule has 1 aliphatic heterocycles. The SMILES string of the molecule is CCC1CCCC[NH+]1Cc1c(O)ccc2c(C)cc(=O)oc12. The Morgan fingerprint density at radius 2 is 2.18 bits per heavy atom. The average Bonchev–Trinajstić information content (AvgIpc) is 2.50. The fraction of sp³-hybridized carbons (Fsp3) is 0.500. The summed E-state index contributed by atoms with van der Waals surface area (Å²) >= 11 is 0. The highest BCUT2D eigenvalue weighted by molar-refractivity contribution is 5.84. The maximum Gasteiger partial charge on any atom is 0.336 e. The number of hydrogen-bond donors (Lipinski definition) is 2. The normalized spacial score (nSPS) is 22.1. The van der Waals surface area contributed by atoms with Crippen molar-refractivity contribution in [1.29, 1.82) is 0 Å². The molecule has 118 valence electrons. The minimum atomic E-state index is -0.350. The molecule has 2 atom stereocenters. The van der Waals surface area contributed by atoms with E-state index >= 15 is 0 Å². The van der Waals surface area contributed by atoms with E-state index in [2.05, 4.69) is 6.92 Å². The fourth-order valence-corrected chi connectivity index (χ4v) is 3.70. The summed E-state index contributed by atoms with van der Waals surface area (Å²) in [5, 5.41) is 11.2. The number of aromatic hydroxyl groups is 1. The van der Waals surface area contributed by atoms with E-state index in [0.717, 1.165) is 29.5 Å². The standard InChI is InChI=1S/C18H23NO3/c1-3-13-6-4-5-9-19(13)11-15-16(20)8-7-14-12(2)10-17(21)22-18(14)15/h7-8,10,13,20H,3-6,9,11H2,1-2H3/p+1. The van der Waals surface area contributed by atoms with Crippen LogP contribution in [0.15, 0.2) is 27.4 Å². The first-order chi connectivity index (χ1) is 10.6. The number of hydrogen-bond acceptors (Lipinski definition) is 3. The lowest BCUT2D eigenvalue weighted by Gasteiger charge is -2.32. The summed E-state index contributed by atoms with van der Waals surface area (Å²) < 4.78 is 5.44. The minimum absolute atomic E-state index is 0.231. The van der Waals surface area contributed by atoms with Gasteiger partial charge < -0.3 is 14.4 Å². The van der Waals surface area contributed by atoms with Crippen molar-refractivity contribution in [3.63, 3.8) is 0 Å². The van der Waals surface area contributed by atoms with Crippen LogP contribution in [0.3, 0.4) is 0 Å². The molecule has 2 heterocycles. The van der Waals surface area contributed by atoms with Gasteiger partial charge in [0.2, 0.25) is 0 Å². The fourth-order valence-electron chi connectivity index (χ4n) is 3.70. The Labute approximate surface area is 130 Å². The summed E-state index contributed by atoms with van der Waals surface area (Å²) in [5.74, 6) is 0.231. The molecule has 1 fully saturated rings. The molecule has 0 spiro atoms. The van der Waals surface area contributed by atoms with E-state index in [1.54, 1.807) is 6.07 Å². The molecule has 2 unspecified atom stereocenters. The third kappa shape index (κ3) is 2.75. The number of fused-ring (bicyclic) bond motifs is 1. The molecule has 0 bridgehead atoms. The summed E-state index contributed by atoms with van der Waals surface area (Å²) in [4.78, 5) is 13.2. The molecule has 0 aliphatic carbocycles. The summed E-state index contributed by atoms with van der Waals surface area (Å²) in [6.07, 6.45) is 4.89. The Bertz CT molecular complexity index is 735. The van der Waals surface area contributed by atoms with Gasteiger partial charge in [-0.1, -0.05) is 6.92 Å². The highest BCUT2D eigenvalue weighted by Gasteiger charge is 2.27. The van der Waals surface area contributed by atoms with Gasteiger partial charge in [-0.2, -0.15) is 0 Å². The molecule has 22 heavy (non-hydrogen) atoms. The quantitative estimate of drug-likeness (QED) is 0.854. The zero-order valence-corrected chi connectivity index (χ0v) is 13.3. The molecule has 4 nitrogen and oxygen atoms in total. The molecule has 2 aromatic rings. The van der Waals surface area contributed by atoms with Crippen molar-refractivity contribution in [2.45, 2.75) is 52.1 Å². The molecule has 0 radical (unpaired) electrons. The summed E-state index contributed by atoms with van der Waals surface area (Å²) in [6.45, 7) is 5.96. The molecule has 1 aromatic carbocycles.